The molecule has 0 saturated heterocycles. The molecule has 0 radical (unpaired) electrons. The molecule has 1 aliphatic heterocycles. The molecular weight excluding hydrogens is 373 g/mol. The smallest absolute Gasteiger partial charge is 0.418 e. The average Bonchev–Trinajstić information content (AvgIpc) is 3.19. The Morgan fingerprint density at radius 1 is 1.29 bits per heavy atom. The van der Waals surface area contributed by atoms with Crippen molar-refractivity contribution in [2.45, 2.75) is 20.0 Å². The van der Waals surface area contributed by atoms with Crippen LogP contribution in [-0.2, 0) is 15.7 Å². The number of carbonyl (C=O) groups is 1. The minimum absolute atomic E-state index is 0.0160. The molecule has 0 atom stereocenters. The van der Waals surface area contributed by atoms with Crippen molar-refractivity contribution in [2.24, 2.45) is 4.99 Å². The summed E-state index contributed by atoms with van der Waals surface area (Å²) in [5, 5.41) is 10.3. The largest absolute Gasteiger partial charge is 0.505 e. The van der Waals surface area contributed by atoms with Gasteiger partial charge in [0, 0.05) is 12.4 Å². The predicted molar refractivity (Wildman–Crippen MR) is 98.1 cm³/mol. The van der Waals surface area contributed by atoms with Crippen molar-refractivity contribution in [3.05, 3.63) is 70.9 Å². The van der Waals surface area contributed by atoms with Crippen LogP contribution in [0.2, 0.25) is 0 Å². The van der Waals surface area contributed by atoms with Crippen LogP contribution in [-0.4, -0.2) is 28.0 Å². The fourth-order valence-corrected chi connectivity index (χ4v) is 2.88. The van der Waals surface area contributed by atoms with Crippen LogP contribution in [0.5, 0.6) is 0 Å². The molecule has 2 heterocycles. The highest BCUT2D eigenvalue weighted by Gasteiger charge is 2.33. The van der Waals surface area contributed by atoms with Crippen LogP contribution in [0.1, 0.15) is 25.0 Å². The maximum atomic E-state index is 13.2. The van der Waals surface area contributed by atoms with Gasteiger partial charge in [0.25, 0.3) is 0 Å². The lowest BCUT2D eigenvalue weighted by Crippen LogP contribution is -2.13. The van der Waals surface area contributed by atoms with E-state index in [0.717, 1.165) is 6.07 Å². The van der Waals surface area contributed by atoms with Crippen LogP contribution in [0, 0.1) is 0 Å². The van der Waals surface area contributed by atoms with Crippen molar-refractivity contribution in [1.82, 2.24) is 4.57 Å². The number of aromatic nitrogens is 1. The van der Waals surface area contributed by atoms with Gasteiger partial charge >= 0.3 is 12.1 Å². The fourth-order valence-electron chi connectivity index (χ4n) is 2.88. The standard InChI is InChI=1S/C20H17F3N2O3/c1-3-28-19(27)17-12(2)24-15(18(17)26)10-13-8-9-25(11-13)16-7-5-4-6-14(16)20(21,22)23/h4-11,26H,3H2,1-2H3/b15-10+. The zero-order chi connectivity index (χ0) is 20.5. The first kappa shape index (κ1) is 19.5. The highest BCUT2D eigenvalue weighted by atomic mass is 19.4. The Hall–Kier alpha value is -3.29. The van der Waals surface area contributed by atoms with Gasteiger partial charge in [-0.3, -0.25) is 0 Å². The molecule has 0 fully saturated rings. The van der Waals surface area contributed by atoms with Gasteiger partial charge in [-0.25, -0.2) is 9.79 Å². The van der Waals surface area contributed by atoms with Crippen molar-refractivity contribution in [3.8, 4) is 5.69 Å². The number of hydrogen-bond acceptors (Lipinski definition) is 4. The molecule has 1 N–H and O–H groups in total. The summed E-state index contributed by atoms with van der Waals surface area (Å²) in [6.45, 7) is 3.37. The van der Waals surface area contributed by atoms with Crippen LogP contribution >= 0.6 is 0 Å². The molecule has 0 amide bonds. The van der Waals surface area contributed by atoms with Gasteiger partial charge in [-0.1, -0.05) is 12.1 Å². The van der Waals surface area contributed by atoms with Gasteiger partial charge in [0.1, 0.15) is 11.3 Å². The van der Waals surface area contributed by atoms with Gasteiger partial charge in [-0.2, -0.15) is 13.2 Å². The molecule has 1 aliphatic rings. The number of carbonyl (C=O) groups excluding carboxylic acids is 1. The van der Waals surface area contributed by atoms with Gasteiger partial charge < -0.3 is 14.4 Å². The summed E-state index contributed by atoms with van der Waals surface area (Å²) >= 11 is 0. The van der Waals surface area contributed by atoms with Crippen molar-refractivity contribution in [3.63, 3.8) is 0 Å². The fraction of sp³-hybridized carbons (Fsp3) is 0.200. The second kappa shape index (κ2) is 7.38. The van der Waals surface area contributed by atoms with E-state index in [2.05, 4.69) is 4.99 Å². The van der Waals surface area contributed by atoms with Crippen molar-refractivity contribution in [1.29, 1.82) is 0 Å². The minimum Gasteiger partial charge on any atom is -0.505 e. The highest BCUT2D eigenvalue weighted by Crippen LogP contribution is 2.34. The summed E-state index contributed by atoms with van der Waals surface area (Å²) in [6.07, 6.45) is -0.0345. The molecule has 146 valence electrons. The number of aliphatic hydroxyl groups excluding tert-OH is 1. The van der Waals surface area contributed by atoms with Crippen LogP contribution in [0.3, 0.4) is 0 Å². The minimum atomic E-state index is -4.48. The van der Waals surface area contributed by atoms with E-state index in [1.54, 1.807) is 19.9 Å². The van der Waals surface area contributed by atoms with E-state index in [9.17, 15) is 23.1 Å². The van der Waals surface area contributed by atoms with Crippen LogP contribution in [0.4, 0.5) is 13.2 Å². The van der Waals surface area contributed by atoms with E-state index in [-0.39, 0.29) is 29.3 Å². The normalized spacial score (nSPS) is 15.9. The van der Waals surface area contributed by atoms with E-state index >= 15 is 0 Å². The third-order valence-electron chi connectivity index (χ3n) is 4.12. The highest BCUT2D eigenvalue weighted by molar-refractivity contribution is 6.22. The van der Waals surface area contributed by atoms with E-state index in [1.807, 2.05) is 0 Å². The first-order valence-corrected chi connectivity index (χ1v) is 8.45. The van der Waals surface area contributed by atoms with Gasteiger partial charge in [-0.05, 0) is 43.7 Å². The number of aliphatic imine (C=N–C) groups is 1. The van der Waals surface area contributed by atoms with Crippen LogP contribution in [0.25, 0.3) is 11.8 Å². The number of hydrogen-bond donors (Lipinski definition) is 1. The number of ether oxygens (including phenoxy) is 1. The van der Waals surface area contributed by atoms with Gasteiger partial charge in [0.15, 0.2) is 5.76 Å². The molecule has 8 heteroatoms. The Labute approximate surface area is 159 Å². The molecule has 2 aromatic rings. The maximum Gasteiger partial charge on any atom is 0.418 e. The molecule has 0 saturated carbocycles. The molecule has 1 aromatic carbocycles. The number of esters is 1. The lowest BCUT2D eigenvalue weighted by molar-refractivity contribution is -0.138. The third-order valence-corrected chi connectivity index (χ3v) is 4.12. The Balaban J connectivity index is 1.96. The van der Waals surface area contributed by atoms with E-state index in [4.69, 9.17) is 4.74 Å². The summed E-state index contributed by atoms with van der Waals surface area (Å²) < 4.78 is 45.9. The topological polar surface area (TPSA) is 63.8 Å². The molecule has 1 aromatic heterocycles. The van der Waals surface area contributed by atoms with Crippen LogP contribution < -0.4 is 0 Å². The lowest BCUT2D eigenvalue weighted by atomic mass is 10.1. The predicted octanol–water partition coefficient (Wildman–Crippen LogP) is 4.69. The summed E-state index contributed by atoms with van der Waals surface area (Å²) in [7, 11) is 0. The lowest BCUT2D eigenvalue weighted by Gasteiger charge is -2.13. The van der Waals surface area contributed by atoms with Gasteiger partial charge in [0.2, 0.25) is 0 Å². The summed E-state index contributed by atoms with van der Waals surface area (Å²) in [6, 6.07) is 6.81. The zero-order valence-electron chi connectivity index (χ0n) is 15.1. The number of aliphatic hydroxyl groups is 1. The SMILES string of the molecule is CCOC(=O)C1=C(O)/C(=C\c2ccn(-c3ccccc3C(F)(F)F)c2)N=C1C. The monoisotopic (exact) mass is 390 g/mol. The first-order valence-electron chi connectivity index (χ1n) is 8.45. The van der Waals surface area contributed by atoms with E-state index < -0.39 is 17.7 Å². The molecule has 3 rings (SSSR count). The number of alkyl halides is 3. The summed E-state index contributed by atoms with van der Waals surface area (Å²) in [5.41, 5.74) is 0.172. The Kier molecular flexibility index (Phi) is 5.13. The molecule has 0 spiro atoms. The second-order valence-corrected chi connectivity index (χ2v) is 6.04. The Bertz CT molecular complexity index is 1010. The first-order chi connectivity index (χ1) is 13.2. The summed E-state index contributed by atoms with van der Waals surface area (Å²) in [4.78, 5) is 16.1. The number of halogens is 3. The van der Waals surface area contributed by atoms with Gasteiger partial charge in [-0.15, -0.1) is 0 Å². The third kappa shape index (κ3) is 3.71. The number of benzene rings is 1. The number of para-hydroxylation sites is 1. The van der Waals surface area contributed by atoms with Crippen LogP contribution in [0.15, 0.2) is 64.7 Å². The number of nitrogens with zero attached hydrogens (tertiary/aromatic N) is 2. The quantitative estimate of drug-likeness (QED) is 0.771. The average molecular weight is 390 g/mol. The molecule has 5 nitrogen and oxygen atoms in total. The van der Waals surface area contributed by atoms with Crippen molar-refractivity contribution < 1.29 is 27.8 Å². The van der Waals surface area contributed by atoms with Crippen molar-refractivity contribution >= 4 is 17.8 Å². The van der Waals surface area contributed by atoms with E-state index in [1.165, 1.54) is 41.2 Å². The maximum absolute atomic E-state index is 13.2. The molecule has 0 bridgehead atoms. The van der Waals surface area contributed by atoms with E-state index in [0.29, 0.717) is 11.3 Å². The molecular formula is C20H17F3N2O3. The zero-order valence-corrected chi connectivity index (χ0v) is 15.1. The molecule has 28 heavy (non-hydrogen) atoms. The Morgan fingerprint density at radius 2 is 2.00 bits per heavy atom. The molecule has 0 unspecified atom stereocenters. The summed E-state index contributed by atoms with van der Waals surface area (Å²) in [5.74, 6) is -0.999. The Morgan fingerprint density at radius 3 is 2.68 bits per heavy atom. The van der Waals surface area contributed by atoms with Gasteiger partial charge in [0.05, 0.1) is 23.6 Å². The van der Waals surface area contributed by atoms with Crippen molar-refractivity contribution in [2.75, 3.05) is 6.61 Å². The second-order valence-electron chi connectivity index (χ2n) is 6.04. The molecule has 0 aliphatic carbocycles. The number of rotatable bonds is 4.